The summed E-state index contributed by atoms with van der Waals surface area (Å²) in [4.78, 5) is 0. The fourth-order valence-corrected chi connectivity index (χ4v) is 2.13. The van der Waals surface area contributed by atoms with Gasteiger partial charge in [0, 0.05) is 12.6 Å². The molecule has 0 spiro atoms. The van der Waals surface area contributed by atoms with Crippen LogP contribution in [0, 0.1) is 6.92 Å². The first-order valence-corrected chi connectivity index (χ1v) is 6.74. The largest absolute Gasteiger partial charge is 0.484 e. The van der Waals surface area contributed by atoms with Crippen molar-refractivity contribution in [2.45, 2.75) is 13.0 Å². The van der Waals surface area contributed by atoms with Crippen LogP contribution in [0.5, 0.6) is 5.75 Å². The van der Waals surface area contributed by atoms with Crippen molar-refractivity contribution in [2.24, 2.45) is 5.73 Å². The summed E-state index contributed by atoms with van der Waals surface area (Å²) in [6, 6.07) is 13.3. The van der Waals surface area contributed by atoms with E-state index in [4.69, 9.17) is 33.7 Å². The number of hydrogen-bond donors (Lipinski definition) is 1. The Kier molecular flexibility index (Phi) is 4.70. The molecule has 1 unspecified atom stereocenters. The van der Waals surface area contributed by atoms with Gasteiger partial charge in [-0.05, 0) is 24.6 Å². The molecule has 0 fully saturated rings. The number of rotatable bonds is 4. The molecule has 100 valence electrons. The van der Waals surface area contributed by atoms with E-state index in [2.05, 4.69) is 6.07 Å². The second-order valence-electron chi connectivity index (χ2n) is 4.33. The minimum atomic E-state index is -0.197. The molecule has 2 aromatic carbocycles. The Morgan fingerprint density at radius 1 is 1.11 bits per heavy atom. The first kappa shape index (κ1) is 14.2. The van der Waals surface area contributed by atoms with Gasteiger partial charge in [-0.2, -0.15) is 0 Å². The van der Waals surface area contributed by atoms with Gasteiger partial charge < -0.3 is 10.5 Å². The molecule has 4 heteroatoms. The quantitative estimate of drug-likeness (QED) is 0.908. The second-order valence-corrected chi connectivity index (χ2v) is 5.15. The van der Waals surface area contributed by atoms with Gasteiger partial charge in [0.05, 0.1) is 10.0 Å². The summed E-state index contributed by atoms with van der Waals surface area (Å²) in [5.41, 5.74) is 8.01. The monoisotopic (exact) mass is 295 g/mol. The standard InChI is InChI=1S/C15H15Cl2NO/c1-10-3-2-4-11(7-10)15(9-18)19-12-5-6-13(16)14(17)8-12/h2-8,15H,9,18H2,1H3. The van der Waals surface area contributed by atoms with Crippen LogP contribution in [-0.2, 0) is 0 Å². The molecule has 0 bridgehead atoms. The molecule has 2 N–H and O–H groups in total. The maximum Gasteiger partial charge on any atom is 0.136 e. The van der Waals surface area contributed by atoms with E-state index in [0.717, 1.165) is 5.56 Å². The van der Waals surface area contributed by atoms with Crippen molar-refractivity contribution in [3.8, 4) is 5.75 Å². The molecular weight excluding hydrogens is 281 g/mol. The molecular formula is C15H15Cl2NO. The average Bonchev–Trinajstić information content (AvgIpc) is 2.40. The summed E-state index contributed by atoms with van der Waals surface area (Å²) in [5, 5.41) is 0.980. The van der Waals surface area contributed by atoms with Gasteiger partial charge in [0.1, 0.15) is 11.9 Å². The van der Waals surface area contributed by atoms with E-state index in [0.29, 0.717) is 22.3 Å². The molecule has 2 rings (SSSR count). The Morgan fingerprint density at radius 2 is 1.89 bits per heavy atom. The molecule has 0 aliphatic carbocycles. The van der Waals surface area contributed by atoms with E-state index in [-0.39, 0.29) is 6.10 Å². The maximum atomic E-state index is 5.97. The summed E-state index contributed by atoms with van der Waals surface area (Å²) in [5.74, 6) is 0.659. The third-order valence-corrected chi connectivity index (χ3v) is 3.54. The molecule has 0 heterocycles. The van der Waals surface area contributed by atoms with Gasteiger partial charge in [0.15, 0.2) is 0 Å². The summed E-state index contributed by atoms with van der Waals surface area (Å²) >= 11 is 11.8. The Labute approximate surface area is 123 Å². The third kappa shape index (κ3) is 3.63. The Hall–Kier alpha value is -1.22. The third-order valence-electron chi connectivity index (χ3n) is 2.80. The van der Waals surface area contributed by atoms with Crippen LogP contribution in [0.3, 0.4) is 0 Å². The van der Waals surface area contributed by atoms with E-state index in [1.54, 1.807) is 18.2 Å². The number of hydrogen-bond acceptors (Lipinski definition) is 2. The van der Waals surface area contributed by atoms with Crippen LogP contribution in [0.2, 0.25) is 10.0 Å². The van der Waals surface area contributed by atoms with Gasteiger partial charge in [-0.3, -0.25) is 0 Å². The number of ether oxygens (including phenoxy) is 1. The average molecular weight is 296 g/mol. The zero-order valence-corrected chi connectivity index (χ0v) is 12.1. The van der Waals surface area contributed by atoms with Gasteiger partial charge >= 0.3 is 0 Å². The molecule has 2 nitrogen and oxygen atoms in total. The zero-order chi connectivity index (χ0) is 13.8. The first-order valence-electron chi connectivity index (χ1n) is 5.98. The second kappa shape index (κ2) is 6.29. The van der Waals surface area contributed by atoms with Crippen molar-refractivity contribution < 1.29 is 4.74 Å². The zero-order valence-electron chi connectivity index (χ0n) is 10.6. The minimum Gasteiger partial charge on any atom is -0.484 e. The number of halogens is 2. The molecule has 0 saturated heterocycles. The molecule has 0 aliphatic rings. The molecule has 0 radical (unpaired) electrons. The molecule has 0 amide bonds. The Balaban J connectivity index is 2.21. The van der Waals surface area contributed by atoms with E-state index in [9.17, 15) is 0 Å². The van der Waals surface area contributed by atoms with Crippen molar-refractivity contribution in [3.05, 3.63) is 63.6 Å². The fourth-order valence-electron chi connectivity index (χ4n) is 1.84. The molecule has 1 atom stereocenters. The number of nitrogens with two attached hydrogens (primary N) is 1. The van der Waals surface area contributed by atoms with Crippen LogP contribution in [-0.4, -0.2) is 6.54 Å². The number of benzene rings is 2. The van der Waals surface area contributed by atoms with Gasteiger partial charge in [-0.25, -0.2) is 0 Å². The van der Waals surface area contributed by atoms with Gasteiger partial charge in [-0.1, -0.05) is 53.0 Å². The Bertz CT molecular complexity index is 572. The summed E-state index contributed by atoms with van der Waals surface area (Å²) < 4.78 is 5.87. The first-order chi connectivity index (χ1) is 9.10. The summed E-state index contributed by atoms with van der Waals surface area (Å²) in [6.45, 7) is 2.43. The predicted octanol–water partition coefficient (Wildman–Crippen LogP) is 4.38. The van der Waals surface area contributed by atoms with Crippen molar-refractivity contribution in [3.63, 3.8) is 0 Å². The van der Waals surface area contributed by atoms with Crippen molar-refractivity contribution in [1.29, 1.82) is 0 Å². The van der Waals surface area contributed by atoms with E-state index in [1.165, 1.54) is 5.56 Å². The van der Waals surface area contributed by atoms with Crippen molar-refractivity contribution >= 4 is 23.2 Å². The topological polar surface area (TPSA) is 35.2 Å². The highest BCUT2D eigenvalue weighted by molar-refractivity contribution is 6.42. The van der Waals surface area contributed by atoms with Crippen LogP contribution in [0.4, 0.5) is 0 Å². The van der Waals surface area contributed by atoms with Crippen molar-refractivity contribution in [1.82, 2.24) is 0 Å². The van der Waals surface area contributed by atoms with Crippen LogP contribution >= 0.6 is 23.2 Å². The van der Waals surface area contributed by atoms with Crippen LogP contribution in [0.1, 0.15) is 17.2 Å². The lowest BCUT2D eigenvalue weighted by Crippen LogP contribution is -2.18. The van der Waals surface area contributed by atoms with Crippen molar-refractivity contribution in [2.75, 3.05) is 6.54 Å². The minimum absolute atomic E-state index is 0.197. The SMILES string of the molecule is Cc1cccc(C(CN)Oc2ccc(Cl)c(Cl)c2)c1. The molecule has 0 aliphatic heterocycles. The van der Waals surface area contributed by atoms with Crippen LogP contribution in [0.15, 0.2) is 42.5 Å². The Morgan fingerprint density at radius 3 is 2.53 bits per heavy atom. The van der Waals surface area contributed by atoms with E-state index < -0.39 is 0 Å². The lowest BCUT2D eigenvalue weighted by molar-refractivity contribution is 0.214. The highest BCUT2D eigenvalue weighted by Gasteiger charge is 2.12. The molecule has 19 heavy (non-hydrogen) atoms. The van der Waals surface area contributed by atoms with Gasteiger partial charge in [0.25, 0.3) is 0 Å². The number of aryl methyl sites for hydroxylation is 1. The molecule has 0 aromatic heterocycles. The van der Waals surface area contributed by atoms with Crippen LogP contribution in [0.25, 0.3) is 0 Å². The van der Waals surface area contributed by atoms with E-state index >= 15 is 0 Å². The highest BCUT2D eigenvalue weighted by atomic mass is 35.5. The normalized spacial score (nSPS) is 12.2. The maximum absolute atomic E-state index is 5.97. The lowest BCUT2D eigenvalue weighted by Gasteiger charge is -2.18. The highest BCUT2D eigenvalue weighted by Crippen LogP contribution is 2.29. The fraction of sp³-hybridized carbons (Fsp3) is 0.200. The molecule has 0 saturated carbocycles. The van der Waals surface area contributed by atoms with E-state index in [1.807, 2.05) is 25.1 Å². The van der Waals surface area contributed by atoms with Gasteiger partial charge in [-0.15, -0.1) is 0 Å². The molecule has 2 aromatic rings. The van der Waals surface area contributed by atoms with Crippen LogP contribution < -0.4 is 10.5 Å². The lowest BCUT2D eigenvalue weighted by atomic mass is 10.1. The van der Waals surface area contributed by atoms with Gasteiger partial charge in [0.2, 0.25) is 0 Å². The predicted molar refractivity (Wildman–Crippen MR) is 80.1 cm³/mol. The summed E-state index contributed by atoms with van der Waals surface area (Å²) in [7, 11) is 0. The summed E-state index contributed by atoms with van der Waals surface area (Å²) in [6.07, 6.45) is -0.197. The smallest absolute Gasteiger partial charge is 0.136 e.